The van der Waals surface area contributed by atoms with Crippen LogP contribution in [0.2, 0.25) is 0 Å². The van der Waals surface area contributed by atoms with E-state index < -0.39 is 17.3 Å². The van der Waals surface area contributed by atoms with Crippen molar-refractivity contribution in [3.63, 3.8) is 0 Å². The lowest BCUT2D eigenvalue weighted by Crippen LogP contribution is -2.35. The average Bonchev–Trinajstić information content (AvgIpc) is 3.02. The van der Waals surface area contributed by atoms with Gasteiger partial charge in [0, 0.05) is 5.92 Å². The molecule has 4 nitrogen and oxygen atoms in total. The number of hydrogen-bond acceptors (Lipinski definition) is 4. The zero-order chi connectivity index (χ0) is 12.6. The molecule has 0 amide bonds. The molecule has 0 radical (unpaired) electrons. The quantitative estimate of drug-likeness (QED) is 0.805. The molecular formula is C12H14FNO3. The molecule has 92 valence electrons. The second kappa shape index (κ2) is 4.00. The molecule has 17 heavy (non-hydrogen) atoms. The minimum absolute atomic E-state index is 0.176. The summed E-state index contributed by atoms with van der Waals surface area (Å²) >= 11 is 0. The Morgan fingerprint density at radius 3 is 2.76 bits per heavy atom. The molecule has 2 N–H and O–H groups in total. The van der Waals surface area contributed by atoms with Crippen LogP contribution in [0.3, 0.4) is 0 Å². The molecule has 2 unspecified atom stereocenters. The lowest BCUT2D eigenvalue weighted by Gasteiger charge is -2.09. The summed E-state index contributed by atoms with van der Waals surface area (Å²) in [5, 5.41) is 0. The monoisotopic (exact) mass is 239 g/mol. The molecule has 1 aliphatic carbocycles. The van der Waals surface area contributed by atoms with Crippen molar-refractivity contribution in [1.29, 1.82) is 0 Å². The van der Waals surface area contributed by atoms with Crippen LogP contribution in [0.15, 0.2) is 18.2 Å². The number of methoxy groups -OCH3 is 2. The first-order chi connectivity index (χ1) is 8.02. The Hall–Kier alpha value is -1.62. The van der Waals surface area contributed by atoms with Gasteiger partial charge >= 0.3 is 5.97 Å². The van der Waals surface area contributed by atoms with E-state index in [0.29, 0.717) is 12.0 Å². The van der Waals surface area contributed by atoms with Gasteiger partial charge in [-0.2, -0.15) is 0 Å². The molecule has 0 bridgehead atoms. The molecule has 1 aliphatic rings. The highest BCUT2D eigenvalue weighted by Gasteiger charge is 2.59. The molecule has 1 aromatic rings. The largest absolute Gasteiger partial charge is 0.494 e. The van der Waals surface area contributed by atoms with Gasteiger partial charge in [0.2, 0.25) is 0 Å². The van der Waals surface area contributed by atoms with E-state index in [1.54, 1.807) is 6.07 Å². The standard InChI is InChI=1S/C12H14FNO3/c1-16-10-4-3-7(5-9(10)13)8-6-12(8,14)11(15)17-2/h3-5,8H,6,14H2,1-2H3. The second-order valence-electron chi connectivity index (χ2n) is 4.18. The molecule has 0 aromatic heterocycles. The van der Waals surface area contributed by atoms with Crippen LogP contribution in [0.1, 0.15) is 17.9 Å². The highest BCUT2D eigenvalue weighted by molar-refractivity contribution is 5.86. The highest BCUT2D eigenvalue weighted by Crippen LogP contribution is 2.50. The van der Waals surface area contributed by atoms with Crippen LogP contribution in [0.4, 0.5) is 4.39 Å². The van der Waals surface area contributed by atoms with Crippen molar-refractivity contribution in [3.05, 3.63) is 29.6 Å². The van der Waals surface area contributed by atoms with E-state index in [0.717, 1.165) is 0 Å². The predicted molar refractivity (Wildman–Crippen MR) is 59.2 cm³/mol. The van der Waals surface area contributed by atoms with Gasteiger partial charge in [0.1, 0.15) is 5.54 Å². The van der Waals surface area contributed by atoms with Gasteiger partial charge in [0.25, 0.3) is 0 Å². The van der Waals surface area contributed by atoms with Gasteiger partial charge in [-0.1, -0.05) is 6.07 Å². The van der Waals surface area contributed by atoms with Crippen molar-refractivity contribution >= 4 is 5.97 Å². The molecule has 0 saturated heterocycles. The van der Waals surface area contributed by atoms with E-state index in [1.165, 1.54) is 26.4 Å². The summed E-state index contributed by atoms with van der Waals surface area (Å²) in [6, 6.07) is 4.59. The maximum atomic E-state index is 13.5. The molecular weight excluding hydrogens is 225 g/mol. The van der Waals surface area contributed by atoms with Crippen LogP contribution < -0.4 is 10.5 Å². The topological polar surface area (TPSA) is 61.5 Å². The van der Waals surface area contributed by atoms with Crippen LogP contribution in [0.5, 0.6) is 5.75 Å². The van der Waals surface area contributed by atoms with E-state index in [9.17, 15) is 9.18 Å². The Morgan fingerprint density at radius 1 is 1.53 bits per heavy atom. The number of benzene rings is 1. The van der Waals surface area contributed by atoms with Crippen LogP contribution in [0.25, 0.3) is 0 Å². The van der Waals surface area contributed by atoms with Crippen LogP contribution in [-0.2, 0) is 9.53 Å². The summed E-state index contributed by atoms with van der Waals surface area (Å²) < 4.78 is 22.9. The van der Waals surface area contributed by atoms with Gasteiger partial charge in [-0.15, -0.1) is 0 Å². The smallest absolute Gasteiger partial charge is 0.326 e. The molecule has 0 aliphatic heterocycles. The maximum absolute atomic E-state index is 13.5. The van der Waals surface area contributed by atoms with E-state index in [1.807, 2.05) is 0 Å². The van der Waals surface area contributed by atoms with E-state index >= 15 is 0 Å². The van der Waals surface area contributed by atoms with Crippen molar-refractivity contribution in [3.8, 4) is 5.75 Å². The molecule has 2 rings (SSSR count). The second-order valence-corrected chi connectivity index (χ2v) is 4.18. The van der Waals surface area contributed by atoms with Gasteiger partial charge in [-0.3, -0.25) is 4.79 Å². The SMILES string of the molecule is COC(=O)C1(N)CC1c1ccc(OC)c(F)c1. The van der Waals surface area contributed by atoms with Crippen molar-refractivity contribution < 1.29 is 18.7 Å². The number of carbonyl (C=O) groups excluding carboxylic acids is 1. The third-order valence-electron chi connectivity index (χ3n) is 3.15. The number of carbonyl (C=O) groups is 1. The Labute approximate surface area is 98.5 Å². The lowest BCUT2D eigenvalue weighted by atomic mass is 10.1. The first-order valence-electron chi connectivity index (χ1n) is 5.23. The predicted octanol–water partition coefficient (Wildman–Crippen LogP) is 1.19. The molecule has 1 aromatic carbocycles. The average molecular weight is 239 g/mol. The van der Waals surface area contributed by atoms with E-state index in [-0.39, 0.29) is 11.7 Å². The number of esters is 1. The fourth-order valence-corrected chi connectivity index (χ4v) is 2.01. The number of ether oxygens (including phenoxy) is 2. The molecule has 5 heteroatoms. The Balaban J connectivity index is 2.21. The Bertz CT molecular complexity index is 463. The van der Waals surface area contributed by atoms with Crippen LogP contribution >= 0.6 is 0 Å². The minimum atomic E-state index is -1.00. The van der Waals surface area contributed by atoms with Crippen molar-refractivity contribution in [2.24, 2.45) is 5.73 Å². The summed E-state index contributed by atoms with van der Waals surface area (Å²) in [5.74, 6) is -0.923. The van der Waals surface area contributed by atoms with Gasteiger partial charge < -0.3 is 15.2 Å². The van der Waals surface area contributed by atoms with Crippen LogP contribution in [-0.4, -0.2) is 25.7 Å². The normalized spacial score (nSPS) is 26.5. The summed E-state index contributed by atoms with van der Waals surface area (Å²) in [4.78, 5) is 11.4. The van der Waals surface area contributed by atoms with E-state index in [2.05, 4.69) is 4.74 Å². The first kappa shape index (κ1) is 11.9. The zero-order valence-electron chi connectivity index (χ0n) is 9.70. The summed E-state index contributed by atoms with van der Waals surface area (Å²) in [5.41, 5.74) is 5.56. The van der Waals surface area contributed by atoms with Crippen molar-refractivity contribution in [2.45, 2.75) is 17.9 Å². The van der Waals surface area contributed by atoms with Crippen molar-refractivity contribution in [1.82, 2.24) is 0 Å². The van der Waals surface area contributed by atoms with Gasteiger partial charge in [0.05, 0.1) is 14.2 Å². The summed E-state index contributed by atoms with van der Waals surface area (Å²) in [6.07, 6.45) is 0.478. The summed E-state index contributed by atoms with van der Waals surface area (Å²) in [7, 11) is 2.69. The van der Waals surface area contributed by atoms with E-state index in [4.69, 9.17) is 10.5 Å². The van der Waals surface area contributed by atoms with Gasteiger partial charge in [0.15, 0.2) is 11.6 Å². The minimum Gasteiger partial charge on any atom is -0.494 e. The molecule has 0 spiro atoms. The van der Waals surface area contributed by atoms with Crippen LogP contribution in [0, 0.1) is 5.82 Å². The number of rotatable bonds is 3. The molecule has 1 saturated carbocycles. The summed E-state index contributed by atoms with van der Waals surface area (Å²) in [6.45, 7) is 0. The third kappa shape index (κ3) is 1.86. The number of hydrogen-bond donors (Lipinski definition) is 1. The Morgan fingerprint density at radius 2 is 2.24 bits per heavy atom. The fraction of sp³-hybridized carbons (Fsp3) is 0.417. The lowest BCUT2D eigenvalue weighted by molar-refractivity contribution is -0.143. The number of halogens is 1. The Kier molecular flexibility index (Phi) is 2.79. The van der Waals surface area contributed by atoms with Gasteiger partial charge in [-0.05, 0) is 24.1 Å². The number of nitrogens with two attached hydrogens (primary N) is 1. The third-order valence-corrected chi connectivity index (χ3v) is 3.15. The van der Waals surface area contributed by atoms with Crippen molar-refractivity contribution in [2.75, 3.05) is 14.2 Å². The van der Waals surface area contributed by atoms with Gasteiger partial charge in [-0.25, -0.2) is 4.39 Å². The zero-order valence-corrected chi connectivity index (χ0v) is 9.70. The highest BCUT2D eigenvalue weighted by atomic mass is 19.1. The fourth-order valence-electron chi connectivity index (χ4n) is 2.01. The first-order valence-corrected chi connectivity index (χ1v) is 5.23. The molecule has 2 atom stereocenters. The maximum Gasteiger partial charge on any atom is 0.326 e. The molecule has 1 fully saturated rings. The molecule has 0 heterocycles.